The van der Waals surface area contributed by atoms with Crippen LogP contribution in [0.15, 0.2) is 24.3 Å². The molecule has 1 heterocycles. The number of nitrogens with zero attached hydrogens (tertiary/aromatic N) is 1. The second kappa shape index (κ2) is 6.41. The average molecular weight is 277 g/mol. The van der Waals surface area contributed by atoms with Crippen molar-refractivity contribution in [1.82, 2.24) is 4.90 Å². The Morgan fingerprint density at radius 2 is 2.05 bits per heavy atom. The highest BCUT2D eigenvalue weighted by molar-refractivity contribution is 5.97. The van der Waals surface area contributed by atoms with Crippen LogP contribution in [0.5, 0.6) is 5.75 Å². The van der Waals surface area contributed by atoms with Crippen LogP contribution < -0.4 is 4.74 Å². The van der Waals surface area contributed by atoms with Gasteiger partial charge < -0.3 is 14.4 Å². The maximum absolute atomic E-state index is 12.6. The molecule has 0 aliphatic carbocycles. The van der Waals surface area contributed by atoms with Gasteiger partial charge in [-0.1, -0.05) is 6.07 Å². The number of rotatable bonds is 3. The van der Waals surface area contributed by atoms with Crippen LogP contribution in [-0.2, 0) is 9.53 Å². The number of esters is 1. The van der Waals surface area contributed by atoms with Gasteiger partial charge in [-0.05, 0) is 37.5 Å². The van der Waals surface area contributed by atoms with Crippen LogP contribution in [0.1, 0.15) is 29.6 Å². The lowest BCUT2D eigenvalue weighted by molar-refractivity contribution is -0.147. The van der Waals surface area contributed by atoms with E-state index in [2.05, 4.69) is 0 Å². The molecule has 1 aliphatic heterocycles. The van der Waals surface area contributed by atoms with E-state index in [1.165, 1.54) is 7.11 Å². The molecular formula is C15H19NO4. The first kappa shape index (κ1) is 14.4. The second-order valence-electron chi connectivity index (χ2n) is 4.77. The number of carbonyl (C=O) groups excluding carboxylic acids is 2. The van der Waals surface area contributed by atoms with Crippen molar-refractivity contribution in [2.75, 3.05) is 20.8 Å². The van der Waals surface area contributed by atoms with Gasteiger partial charge in [0.05, 0.1) is 14.2 Å². The van der Waals surface area contributed by atoms with Gasteiger partial charge in [0.2, 0.25) is 0 Å². The predicted octanol–water partition coefficient (Wildman–Crippen LogP) is 1.86. The Kier molecular flexibility index (Phi) is 4.61. The van der Waals surface area contributed by atoms with E-state index in [9.17, 15) is 9.59 Å². The van der Waals surface area contributed by atoms with Gasteiger partial charge in [-0.25, -0.2) is 4.79 Å². The highest BCUT2D eigenvalue weighted by Gasteiger charge is 2.33. The fourth-order valence-corrected chi connectivity index (χ4v) is 2.48. The molecule has 1 saturated heterocycles. The molecule has 1 aliphatic rings. The molecule has 1 atom stereocenters. The summed E-state index contributed by atoms with van der Waals surface area (Å²) in [7, 11) is 2.91. The molecule has 5 heteroatoms. The van der Waals surface area contributed by atoms with E-state index in [1.54, 1.807) is 36.3 Å². The molecule has 1 aromatic rings. The lowest BCUT2D eigenvalue weighted by atomic mass is 10.0. The summed E-state index contributed by atoms with van der Waals surface area (Å²) in [4.78, 5) is 26.0. The maximum atomic E-state index is 12.6. The fraction of sp³-hybridized carbons (Fsp3) is 0.467. The lowest BCUT2D eigenvalue weighted by Crippen LogP contribution is -2.48. The van der Waals surface area contributed by atoms with Crippen LogP contribution in [0.25, 0.3) is 0 Å². The van der Waals surface area contributed by atoms with Crippen molar-refractivity contribution in [2.24, 2.45) is 0 Å². The largest absolute Gasteiger partial charge is 0.497 e. The van der Waals surface area contributed by atoms with E-state index >= 15 is 0 Å². The van der Waals surface area contributed by atoms with Gasteiger partial charge >= 0.3 is 5.97 Å². The lowest BCUT2D eigenvalue weighted by Gasteiger charge is -2.33. The average Bonchev–Trinajstić information content (AvgIpc) is 2.53. The van der Waals surface area contributed by atoms with Crippen molar-refractivity contribution in [3.05, 3.63) is 29.8 Å². The van der Waals surface area contributed by atoms with E-state index in [-0.39, 0.29) is 11.9 Å². The molecule has 0 bridgehead atoms. The first-order valence-corrected chi connectivity index (χ1v) is 6.70. The van der Waals surface area contributed by atoms with Crippen LogP contribution in [0.4, 0.5) is 0 Å². The van der Waals surface area contributed by atoms with Gasteiger partial charge in [0.1, 0.15) is 11.8 Å². The topological polar surface area (TPSA) is 55.8 Å². The summed E-state index contributed by atoms with van der Waals surface area (Å²) in [6.45, 7) is 0.579. The molecule has 2 rings (SSSR count). The van der Waals surface area contributed by atoms with Crippen molar-refractivity contribution in [2.45, 2.75) is 25.3 Å². The Labute approximate surface area is 118 Å². The summed E-state index contributed by atoms with van der Waals surface area (Å²) in [5.74, 6) is 0.127. The molecule has 0 spiro atoms. The number of amides is 1. The van der Waals surface area contributed by atoms with Crippen molar-refractivity contribution in [1.29, 1.82) is 0 Å². The first-order valence-electron chi connectivity index (χ1n) is 6.70. The van der Waals surface area contributed by atoms with Gasteiger partial charge in [0.15, 0.2) is 0 Å². The summed E-state index contributed by atoms with van der Waals surface area (Å²) in [6.07, 6.45) is 2.49. The van der Waals surface area contributed by atoms with Crippen LogP contribution >= 0.6 is 0 Å². The number of benzene rings is 1. The number of methoxy groups -OCH3 is 2. The summed E-state index contributed by atoms with van der Waals surface area (Å²) in [5.41, 5.74) is 0.528. The number of ether oxygens (including phenoxy) is 2. The van der Waals surface area contributed by atoms with Crippen LogP contribution in [0.3, 0.4) is 0 Å². The summed E-state index contributed by atoms with van der Waals surface area (Å²) < 4.78 is 9.92. The minimum atomic E-state index is -0.479. The molecule has 1 aromatic carbocycles. The SMILES string of the molecule is COC(=O)[C@@H]1CCCCN1C(=O)c1cccc(OC)c1. The highest BCUT2D eigenvalue weighted by Crippen LogP contribution is 2.22. The molecule has 108 valence electrons. The molecule has 1 amide bonds. The Hall–Kier alpha value is -2.04. The van der Waals surface area contributed by atoms with E-state index < -0.39 is 6.04 Å². The fourth-order valence-electron chi connectivity index (χ4n) is 2.48. The Balaban J connectivity index is 2.22. The summed E-state index contributed by atoms with van der Waals surface area (Å²) >= 11 is 0. The molecule has 0 unspecified atom stereocenters. The molecular weight excluding hydrogens is 258 g/mol. The Morgan fingerprint density at radius 1 is 1.25 bits per heavy atom. The minimum absolute atomic E-state index is 0.154. The third-order valence-corrected chi connectivity index (χ3v) is 3.55. The van der Waals surface area contributed by atoms with Crippen LogP contribution in [-0.4, -0.2) is 43.6 Å². The monoisotopic (exact) mass is 277 g/mol. The van der Waals surface area contributed by atoms with Gasteiger partial charge in [-0.15, -0.1) is 0 Å². The van der Waals surface area contributed by atoms with Crippen molar-refractivity contribution < 1.29 is 19.1 Å². The van der Waals surface area contributed by atoms with E-state index in [4.69, 9.17) is 9.47 Å². The second-order valence-corrected chi connectivity index (χ2v) is 4.77. The quantitative estimate of drug-likeness (QED) is 0.791. The first-order chi connectivity index (χ1) is 9.67. The third-order valence-electron chi connectivity index (χ3n) is 3.55. The van der Waals surface area contributed by atoms with Crippen molar-refractivity contribution >= 4 is 11.9 Å². The number of carbonyl (C=O) groups is 2. The maximum Gasteiger partial charge on any atom is 0.328 e. The summed E-state index contributed by atoms with van der Waals surface area (Å²) in [5, 5.41) is 0. The van der Waals surface area contributed by atoms with Crippen LogP contribution in [0, 0.1) is 0 Å². The number of hydrogen-bond donors (Lipinski definition) is 0. The predicted molar refractivity (Wildman–Crippen MR) is 73.7 cm³/mol. The van der Waals surface area contributed by atoms with Crippen LogP contribution in [0.2, 0.25) is 0 Å². The van der Waals surface area contributed by atoms with E-state index in [0.29, 0.717) is 24.3 Å². The standard InChI is InChI=1S/C15H19NO4/c1-19-12-7-5-6-11(10-12)14(17)16-9-4-3-8-13(16)15(18)20-2/h5-7,10,13H,3-4,8-9H2,1-2H3/t13-/m0/s1. The van der Waals surface area contributed by atoms with Gasteiger partial charge in [0.25, 0.3) is 5.91 Å². The molecule has 0 aromatic heterocycles. The van der Waals surface area contributed by atoms with Gasteiger partial charge in [-0.3, -0.25) is 4.79 Å². The van der Waals surface area contributed by atoms with Crippen molar-refractivity contribution in [3.63, 3.8) is 0 Å². The molecule has 20 heavy (non-hydrogen) atoms. The molecule has 0 N–H and O–H groups in total. The highest BCUT2D eigenvalue weighted by atomic mass is 16.5. The number of hydrogen-bond acceptors (Lipinski definition) is 4. The zero-order valence-corrected chi connectivity index (χ0v) is 11.8. The Bertz CT molecular complexity index is 500. The number of piperidine rings is 1. The smallest absolute Gasteiger partial charge is 0.328 e. The zero-order valence-electron chi connectivity index (χ0n) is 11.8. The molecule has 5 nitrogen and oxygen atoms in total. The zero-order chi connectivity index (χ0) is 14.5. The molecule has 0 radical (unpaired) electrons. The van der Waals surface area contributed by atoms with E-state index in [0.717, 1.165) is 12.8 Å². The van der Waals surface area contributed by atoms with Gasteiger partial charge in [0, 0.05) is 12.1 Å². The van der Waals surface area contributed by atoms with E-state index in [1.807, 2.05) is 0 Å². The number of likely N-dealkylation sites (tertiary alicyclic amines) is 1. The minimum Gasteiger partial charge on any atom is -0.497 e. The molecule has 0 saturated carbocycles. The van der Waals surface area contributed by atoms with Crippen molar-refractivity contribution in [3.8, 4) is 5.75 Å². The molecule has 1 fully saturated rings. The Morgan fingerprint density at radius 3 is 2.75 bits per heavy atom. The normalized spacial score (nSPS) is 18.5. The van der Waals surface area contributed by atoms with Gasteiger partial charge in [-0.2, -0.15) is 0 Å². The third kappa shape index (κ3) is 2.92. The summed E-state index contributed by atoms with van der Waals surface area (Å²) in [6, 6.07) is 6.49.